The number of nitrogens with zero attached hydrogens (tertiary/aromatic N) is 2. The molecule has 0 unspecified atom stereocenters. The van der Waals surface area contributed by atoms with Gasteiger partial charge >= 0.3 is 0 Å². The van der Waals surface area contributed by atoms with Gasteiger partial charge in [-0.15, -0.1) is 0 Å². The smallest absolute Gasteiger partial charge is 0.122 e. The second-order valence-corrected chi connectivity index (χ2v) is 3.47. The molecule has 1 aliphatic carbocycles. The molecule has 0 amide bonds. The van der Waals surface area contributed by atoms with Crippen molar-refractivity contribution >= 4 is 0 Å². The number of rotatable bonds is 2. The van der Waals surface area contributed by atoms with Gasteiger partial charge in [-0.1, -0.05) is 0 Å². The summed E-state index contributed by atoms with van der Waals surface area (Å²) in [7, 11) is 0. The molecule has 0 atom stereocenters. The van der Waals surface area contributed by atoms with E-state index in [2.05, 4.69) is 16.5 Å². The maximum absolute atomic E-state index is 5.60. The summed E-state index contributed by atoms with van der Waals surface area (Å²) in [6.45, 7) is 2.66. The Labute approximate surface area is 72.6 Å². The van der Waals surface area contributed by atoms with Gasteiger partial charge in [0.15, 0.2) is 0 Å². The summed E-state index contributed by atoms with van der Waals surface area (Å²) in [5.41, 5.74) is 6.85. The Bertz CT molecular complexity index is 273. The summed E-state index contributed by atoms with van der Waals surface area (Å²) < 4.78 is 2.30. The van der Waals surface area contributed by atoms with Crippen molar-refractivity contribution in [3.8, 4) is 0 Å². The zero-order valence-corrected chi connectivity index (χ0v) is 7.45. The molecule has 1 aromatic heterocycles. The molecule has 66 valence electrons. The molecule has 0 aromatic carbocycles. The highest BCUT2D eigenvalue weighted by molar-refractivity contribution is 5.06. The van der Waals surface area contributed by atoms with Gasteiger partial charge in [-0.2, -0.15) is 0 Å². The molecule has 2 N–H and O–H groups in total. The van der Waals surface area contributed by atoms with Gasteiger partial charge in [0.2, 0.25) is 0 Å². The van der Waals surface area contributed by atoms with E-state index in [0.717, 1.165) is 5.82 Å². The van der Waals surface area contributed by atoms with Crippen LogP contribution in [0.4, 0.5) is 0 Å². The van der Waals surface area contributed by atoms with Gasteiger partial charge in [0.1, 0.15) is 5.82 Å². The van der Waals surface area contributed by atoms with Crippen molar-refractivity contribution in [2.45, 2.75) is 38.8 Å². The lowest BCUT2D eigenvalue weighted by Gasteiger charge is -2.29. The normalized spacial score (nSPS) is 17.8. The van der Waals surface area contributed by atoms with Crippen molar-refractivity contribution in [2.24, 2.45) is 5.73 Å². The molecule has 1 heterocycles. The van der Waals surface area contributed by atoms with E-state index in [1.807, 2.05) is 6.20 Å². The van der Waals surface area contributed by atoms with E-state index >= 15 is 0 Å². The number of aromatic nitrogens is 2. The summed E-state index contributed by atoms with van der Waals surface area (Å²) in [4.78, 5) is 4.28. The second-order valence-electron chi connectivity index (χ2n) is 3.47. The van der Waals surface area contributed by atoms with E-state index in [-0.39, 0.29) is 0 Å². The van der Waals surface area contributed by atoms with E-state index < -0.39 is 0 Å². The summed E-state index contributed by atoms with van der Waals surface area (Å²) in [5, 5.41) is 0. The molecule has 0 aliphatic heterocycles. The summed E-state index contributed by atoms with van der Waals surface area (Å²) in [6, 6.07) is 0.686. The first-order valence-corrected chi connectivity index (χ1v) is 4.55. The Balaban J connectivity index is 2.31. The molecule has 3 heteroatoms. The van der Waals surface area contributed by atoms with Crippen LogP contribution in [0.5, 0.6) is 0 Å². The molecule has 0 bridgehead atoms. The van der Waals surface area contributed by atoms with Gasteiger partial charge in [0, 0.05) is 17.9 Å². The highest BCUT2D eigenvalue weighted by atomic mass is 15.1. The lowest BCUT2D eigenvalue weighted by molar-refractivity contribution is 0.302. The molecule has 0 radical (unpaired) electrons. The maximum atomic E-state index is 5.60. The first-order chi connectivity index (χ1) is 5.83. The molecule has 3 nitrogen and oxygen atoms in total. The van der Waals surface area contributed by atoms with E-state index in [9.17, 15) is 0 Å². The Kier molecular flexibility index (Phi) is 1.89. The van der Waals surface area contributed by atoms with Gasteiger partial charge < -0.3 is 10.3 Å². The molecule has 1 aromatic rings. The topological polar surface area (TPSA) is 43.8 Å². The van der Waals surface area contributed by atoms with Crippen LogP contribution in [-0.4, -0.2) is 9.55 Å². The van der Waals surface area contributed by atoms with E-state index in [1.165, 1.54) is 25.0 Å². The Morgan fingerprint density at radius 2 is 2.42 bits per heavy atom. The van der Waals surface area contributed by atoms with Gasteiger partial charge in [0.05, 0.1) is 6.54 Å². The van der Waals surface area contributed by atoms with Crippen LogP contribution in [0.1, 0.15) is 36.8 Å². The highest BCUT2D eigenvalue weighted by Gasteiger charge is 2.22. The van der Waals surface area contributed by atoms with Crippen molar-refractivity contribution in [3.63, 3.8) is 0 Å². The van der Waals surface area contributed by atoms with E-state index in [0.29, 0.717) is 12.6 Å². The van der Waals surface area contributed by atoms with E-state index in [1.54, 1.807) is 0 Å². The predicted molar refractivity (Wildman–Crippen MR) is 47.7 cm³/mol. The molecular weight excluding hydrogens is 150 g/mol. The number of imidazole rings is 1. The Hall–Kier alpha value is -0.830. The minimum Gasteiger partial charge on any atom is -0.328 e. The fourth-order valence-electron chi connectivity index (χ4n) is 1.79. The average Bonchev–Trinajstić information content (AvgIpc) is 2.30. The van der Waals surface area contributed by atoms with Crippen molar-refractivity contribution in [3.05, 3.63) is 17.7 Å². The fraction of sp³-hybridized carbons (Fsp3) is 0.667. The molecule has 12 heavy (non-hydrogen) atoms. The summed E-state index contributed by atoms with van der Waals surface area (Å²) in [6.07, 6.45) is 5.86. The van der Waals surface area contributed by atoms with Crippen LogP contribution in [0.15, 0.2) is 6.20 Å². The summed E-state index contributed by atoms with van der Waals surface area (Å²) >= 11 is 0. The zero-order chi connectivity index (χ0) is 8.55. The molecule has 1 fully saturated rings. The van der Waals surface area contributed by atoms with Gasteiger partial charge in [0.25, 0.3) is 0 Å². The van der Waals surface area contributed by atoms with Crippen LogP contribution in [0, 0.1) is 6.92 Å². The predicted octanol–water partition coefficient (Wildman–Crippen LogP) is 1.38. The lowest BCUT2D eigenvalue weighted by atomic mass is 9.92. The number of hydrogen-bond acceptors (Lipinski definition) is 2. The molecule has 2 rings (SSSR count). The van der Waals surface area contributed by atoms with Crippen LogP contribution < -0.4 is 5.73 Å². The highest BCUT2D eigenvalue weighted by Crippen LogP contribution is 2.33. The van der Waals surface area contributed by atoms with Gasteiger partial charge in [-0.05, 0) is 26.2 Å². The monoisotopic (exact) mass is 165 g/mol. The van der Waals surface area contributed by atoms with Crippen LogP contribution in [0.25, 0.3) is 0 Å². The maximum Gasteiger partial charge on any atom is 0.122 e. The van der Waals surface area contributed by atoms with Crippen molar-refractivity contribution in [1.82, 2.24) is 9.55 Å². The minimum atomic E-state index is 0.560. The van der Waals surface area contributed by atoms with E-state index in [4.69, 9.17) is 5.73 Å². The third-order valence-corrected chi connectivity index (χ3v) is 2.68. The minimum absolute atomic E-state index is 0.560. The fourth-order valence-corrected chi connectivity index (χ4v) is 1.79. The SMILES string of the molecule is Cc1cnc(CN)n1C1CCC1. The van der Waals surface area contributed by atoms with Crippen LogP contribution in [0.2, 0.25) is 0 Å². The van der Waals surface area contributed by atoms with Gasteiger partial charge in [-0.25, -0.2) is 4.98 Å². The average molecular weight is 165 g/mol. The third-order valence-electron chi connectivity index (χ3n) is 2.68. The Morgan fingerprint density at radius 1 is 1.67 bits per heavy atom. The van der Waals surface area contributed by atoms with Crippen molar-refractivity contribution in [2.75, 3.05) is 0 Å². The molecule has 0 saturated heterocycles. The number of hydrogen-bond donors (Lipinski definition) is 1. The van der Waals surface area contributed by atoms with Crippen molar-refractivity contribution < 1.29 is 0 Å². The molecule has 0 spiro atoms. The lowest BCUT2D eigenvalue weighted by Crippen LogP contribution is -2.21. The number of nitrogens with two attached hydrogens (primary N) is 1. The van der Waals surface area contributed by atoms with Crippen LogP contribution in [0.3, 0.4) is 0 Å². The summed E-state index contributed by atoms with van der Waals surface area (Å²) in [5.74, 6) is 1.04. The number of aryl methyl sites for hydroxylation is 1. The largest absolute Gasteiger partial charge is 0.328 e. The van der Waals surface area contributed by atoms with Crippen LogP contribution in [-0.2, 0) is 6.54 Å². The van der Waals surface area contributed by atoms with Gasteiger partial charge in [-0.3, -0.25) is 0 Å². The standard InChI is InChI=1S/C9H15N3/c1-7-6-11-9(5-10)12(7)8-3-2-4-8/h6,8H,2-5,10H2,1H3. The third kappa shape index (κ3) is 1.05. The first kappa shape index (κ1) is 7.80. The van der Waals surface area contributed by atoms with Crippen LogP contribution >= 0.6 is 0 Å². The molecular formula is C9H15N3. The second kappa shape index (κ2) is 2.90. The zero-order valence-electron chi connectivity index (χ0n) is 7.45. The van der Waals surface area contributed by atoms with Crippen molar-refractivity contribution in [1.29, 1.82) is 0 Å². The first-order valence-electron chi connectivity index (χ1n) is 4.55. The molecule has 1 saturated carbocycles. The quantitative estimate of drug-likeness (QED) is 0.719. The molecule has 1 aliphatic rings. The Morgan fingerprint density at radius 3 is 2.92 bits per heavy atom.